The maximum absolute atomic E-state index is 5.37. The number of piperazine rings is 1. The zero-order valence-electron chi connectivity index (χ0n) is 13.5. The minimum Gasteiger partial charge on any atom is -0.301 e. The van der Waals surface area contributed by atoms with E-state index in [4.69, 9.17) is 12.2 Å². The summed E-state index contributed by atoms with van der Waals surface area (Å²) in [4.78, 5) is 9.30. The molecule has 1 aliphatic heterocycles. The Kier molecular flexibility index (Phi) is 5.38. The standard InChI is InChI=1S/C17H23N5S/c1-2-20-10-12-21(13-11-20)14-22-17(23)18-16(19-22)9-8-15-6-4-3-5-7-15/h3-9H,2,10-14H2,1H3,(H,18,19,23)/b9-8+. The van der Waals surface area contributed by atoms with Gasteiger partial charge in [0.25, 0.3) is 0 Å². The van der Waals surface area contributed by atoms with Gasteiger partial charge in [-0.05, 0) is 30.4 Å². The van der Waals surface area contributed by atoms with Crippen molar-refractivity contribution >= 4 is 24.4 Å². The molecule has 0 atom stereocenters. The first-order chi connectivity index (χ1) is 11.2. The molecule has 3 rings (SSSR count). The molecule has 5 nitrogen and oxygen atoms in total. The fourth-order valence-electron chi connectivity index (χ4n) is 2.73. The molecule has 0 radical (unpaired) electrons. The van der Waals surface area contributed by atoms with E-state index in [2.05, 4.69) is 38.9 Å². The van der Waals surface area contributed by atoms with Crippen LogP contribution >= 0.6 is 12.2 Å². The molecule has 1 fully saturated rings. The van der Waals surface area contributed by atoms with Gasteiger partial charge in [-0.1, -0.05) is 43.3 Å². The average Bonchev–Trinajstić information content (AvgIpc) is 2.94. The topological polar surface area (TPSA) is 40.1 Å². The molecule has 1 aliphatic rings. The van der Waals surface area contributed by atoms with Crippen molar-refractivity contribution in [1.29, 1.82) is 0 Å². The summed E-state index contributed by atoms with van der Waals surface area (Å²) in [6.07, 6.45) is 4.01. The zero-order chi connectivity index (χ0) is 16.1. The van der Waals surface area contributed by atoms with Crippen molar-refractivity contribution in [2.24, 2.45) is 0 Å². The summed E-state index contributed by atoms with van der Waals surface area (Å²) in [5.74, 6) is 0.797. The first-order valence-electron chi connectivity index (χ1n) is 8.09. The summed E-state index contributed by atoms with van der Waals surface area (Å²) in [7, 11) is 0. The van der Waals surface area contributed by atoms with Gasteiger partial charge >= 0.3 is 0 Å². The van der Waals surface area contributed by atoms with E-state index in [1.807, 2.05) is 35.0 Å². The number of aromatic amines is 1. The highest BCUT2D eigenvalue weighted by Gasteiger charge is 2.16. The minimum absolute atomic E-state index is 0.607. The molecule has 0 bridgehead atoms. The molecule has 0 aliphatic carbocycles. The van der Waals surface area contributed by atoms with Gasteiger partial charge < -0.3 is 4.90 Å². The van der Waals surface area contributed by atoms with E-state index in [1.54, 1.807) is 0 Å². The van der Waals surface area contributed by atoms with Crippen molar-refractivity contribution < 1.29 is 0 Å². The summed E-state index contributed by atoms with van der Waals surface area (Å²) in [6, 6.07) is 10.2. The Labute approximate surface area is 142 Å². The molecule has 0 amide bonds. The highest BCUT2D eigenvalue weighted by molar-refractivity contribution is 7.71. The Morgan fingerprint density at radius 2 is 1.78 bits per heavy atom. The lowest BCUT2D eigenvalue weighted by atomic mass is 10.2. The maximum atomic E-state index is 5.37. The molecule has 0 unspecified atom stereocenters. The molecule has 122 valence electrons. The Hall–Kier alpha value is -1.76. The summed E-state index contributed by atoms with van der Waals surface area (Å²) in [5, 5.41) is 3.28. The molecule has 2 aromatic rings. The van der Waals surface area contributed by atoms with Gasteiger partial charge in [-0.2, -0.15) is 4.98 Å². The Bertz CT molecular complexity index is 695. The highest BCUT2D eigenvalue weighted by Crippen LogP contribution is 2.07. The fourth-order valence-corrected chi connectivity index (χ4v) is 2.93. The van der Waals surface area contributed by atoms with Gasteiger partial charge in [0.1, 0.15) is 5.82 Å². The molecule has 1 aromatic heterocycles. The summed E-state index contributed by atoms with van der Waals surface area (Å²) >= 11 is 5.37. The Morgan fingerprint density at radius 3 is 2.48 bits per heavy atom. The predicted molar refractivity (Wildman–Crippen MR) is 96.5 cm³/mol. The van der Waals surface area contributed by atoms with Crippen LogP contribution in [0.15, 0.2) is 30.3 Å². The molecule has 1 N–H and O–H groups in total. The van der Waals surface area contributed by atoms with Gasteiger partial charge in [0.2, 0.25) is 4.77 Å². The number of hydrogen-bond donors (Lipinski definition) is 1. The first kappa shape index (κ1) is 16.1. The Morgan fingerprint density at radius 1 is 1.09 bits per heavy atom. The lowest BCUT2D eigenvalue weighted by Gasteiger charge is -2.33. The molecule has 2 heterocycles. The average molecular weight is 329 g/mol. The summed E-state index contributed by atoms with van der Waals surface area (Å²) in [6.45, 7) is 8.52. The van der Waals surface area contributed by atoms with Crippen molar-refractivity contribution in [1.82, 2.24) is 24.6 Å². The smallest absolute Gasteiger partial charge is 0.217 e. The molecule has 1 saturated heterocycles. The lowest BCUT2D eigenvalue weighted by Crippen LogP contribution is -2.46. The third-order valence-corrected chi connectivity index (χ3v) is 4.49. The van der Waals surface area contributed by atoms with Gasteiger partial charge in [-0.25, -0.2) is 4.68 Å². The monoisotopic (exact) mass is 329 g/mol. The third-order valence-electron chi connectivity index (χ3n) is 4.18. The highest BCUT2D eigenvalue weighted by atomic mass is 32.1. The SMILES string of the molecule is CCN1CCN(Cn2[nH]c(/C=C/c3ccccc3)nc2=S)CC1. The van der Waals surface area contributed by atoms with Gasteiger partial charge in [0.15, 0.2) is 0 Å². The van der Waals surface area contributed by atoms with E-state index < -0.39 is 0 Å². The van der Waals surface area contributed by atoms with Crippen LogP contribution in [0.5, 0.6) is 0 Å². The van der Waals surface area contributed by atoms with Crippen molar-refractivity contribution in [2.45, 2.75) is 13.6 Å². The van der Waals surface area contributed by atoms with Crippen LogP contribution < -0.4 is 0 Å². The van der Waals surface area contributed by atoms with Gasteiger partial charge in [-0.15, -0.1) is 0 Å². The number of H-pyrrole nitrogens is 1. The number of nitrogens with one attached hydrogen (secondary N) is 1. The summed E-state index contributed by atoms with van der Waals surface area (Å²) in [5.41, 5.74) is 1.15. The van der Waals surface area contributed by atoms with Crippen molar-refractivity contribution in [3.05, 3.63) is 46.5 Å². The second-order valence-corrected chi connectivity index (χ2v) is 6.12. The maximum Gasteiger partial charge on any atom is 0.217 e. The molecule has 6 heteroatoms. The van der Waals surface area contributed by atoms with Crippen LogP contribution in [-0.4, -0.2) is 57.3 Å². The number of aromatic nitrogens is 3. The number of likely N-dealkylation sites (N-methyl/N-ethyl adjacent to an activating group) is 1. The number of benzene rings is 1. The third kappa shape index (κ3) is 4.37. The van der Waals surface area contributed by atoms with E-state index >= 15 is 0 Å². The van der Waals surface area contributed by atoms with E-state index in [1.165, 1.54) is 0 Å². The van der Waals surface area contributed by atoms with E-state index in [9.17, 15) is 0 Å². The molecule has 0 saturated carbocycles. The molecule has 0 spiro atoms. The van der Waals surface area contributed by atoms with Gasteiger partial charge in [0.05, 0.1) is 6.67 Å². The van der Waals surface area contributed by atoms with E-state index in [-0.39, 0.29) is 0 Å². The molecular weight excluding hydrogens is 306 g/mol. The number of rotatable bonds is 5. The van der Waals surface area contributed by atoms with E-state index in [0.717, 1.165) is 50.8 Å². The van der Waals surface area contributed by atoms with Gasteiger partial charge in [-0.3, -0.25) is 10.00 Å². The molecular formula is C17H23N5S. The van der Waals surface area contributed by atoms with Gasteiger partial charge in [0, 0.05) is 26.2 Å². The van der Waals surface area contributed by atoms with Crippen molar-refractivity contribution in [2.75, 3.05) is 32.7 Å². The van der Waals surface area contributed by atoms with Crippen LogP contribution in [0.1, 0.15) is 18.3 Å². The Balaban J connectivity index is 1.63. The fraction of sp³-hybridized carbons (Fsp3) is 0.412. The molecule has 1 aromatic carbocycles. The quantitative estimate of drug-likeness (QED) is 0.856. The van der Waals surface area contributed by atoms with E-state index in [0.29, 0.717) is 4.77 Å². The largest absolute Gasteiger partial charge is 0.301 e. The summed E-state index contributed by atoms with van der Waals surface area (Å²) < 4.78 is 2.55. The zero-order valence-corrected chi connectivity index (χ0v) is 14.3. The number of nitrogens with zero attached hydrogens (tertiary/aromatic N) is 4. The van der Waals surface area contributed by atoms with Crippen molar-refractivity contribution in [3.8, 4) is 0 Å². The first-order valence-corrected chi connectivity index (χ1v) is 8.50. The van der Waals surface area contributed by atoms with Crippen LogP contribution in [0.3, 0.4) is 0 Å². The van der Waals surface area contributed by atoms with Crippen LogP contribution in [0.2, 0.25) is 0 Å². The number of hydrogen-bond acceptors (Lipinski definition) is 4. The molecule has 23 heavy (non-hydrogen) atoms. The van der Waals surface area contributed by atoms with Crippen molar-refractivity contribution in [3.63, 3.8) is 0 Å². The van der Waals surface area contributed by atoms with Crippen LogP contribution in [0.25, 0.3) is 12.2 Å². The normalized spacial score (nSPS) is 17.1. The van der Waals surface area contributed by atoms with Crippen LogP contribution in [-0.2, 0) is 6.67 Å². The second kappa shape index (κ2) is 7.68. The van der Waals surface area contributed by atoms with Crippen LogP contribution in [0, 0.1) is 4.77 Å². The lowest BCUT2D eigenvalue weighted by molar-refractivity contribution is 0.106. The predicted octanol–water partition coefficient (Wildman–Crippen LogP) is 2.71. The minimum atomic E-state index is 0.607. The second-order valence-electron chi connectivity index (χ2n) is 5.76. The van der Waals surface area contributed by atoms with Crippen LogP contribution in [0.4, 0.5) is 0 Å².